The van der Waals surface area contributed by atoms with Crippen LogP contribution in [0.2, 0.25) is 0 Å². The van der Waals surface area contributed by atoms with E-state index in [0.29, 0.717) is 12.1 Å². The van der Waals surface area contributed by atoms with Gasteiger partial charge in [-0.3, -0.25) is 4.90 Å². The molecule has 2 fully saturated rings. The average molecular weight is 358 g/mol. The van der Waals surface area contributed by atoms with Crippen LogP contribution in [0.3, 0.4) is 0 Å². The van der Waals surface area contributed by atoms with E-state index in [1.54, 1.807) is 0 Å². The molecule has 144 valence electrons. The maximum atomic E-state index is 11.8. The van der Waals surface area contributed by atoms with E-state index in [-0.39, 0.29) is 10.8 Å². The topological polar surface area (TPSA) is 32.7 Å². The van der Waals surface area contributed by atoms with Gasteiger partial charge in [0.05, 0.1) is 18.8 Å². The summed E-state index contributed by atoms with van der Waals surface area (Å²) in [6.07, 6.45) is 3.96. The van der Waals surface area contributed by atoms with Crippen LogP contribution in [-0.2, 0) is 21.2 Å². The van der Waals surface area contributed by atoms with Gasteiger partial charge >= 0.3 is 0 Å². The van der Waals surface area contributed by atoms with Gasteiger partial charge in [0.25, 0.3) is 0 Å². The summed E-state index contributed by atoms with van der Waals surface area (Å²) >= 11 is 0. The van der Waals surface area contributed by atoms with E-state index in [1.165, 1.54) is 29.5 Å². The maximum Gasteiger partial charge on any atom is 0.0930 e. The molecule has 2 bridgehead atoms. The van der Waals surface area contributed by atoms with Crippen molar-refractivity contribution in [1.29, 1.82) is 0 Å². The summed E-state index contributed by atoms with van der Waals surface area (Å²) in [5.74, 6) is 0. The van der Waals surface area contributed by atoms with E-state index < -0.39 is 5.60 Å². The molecule has 2 unspecified atom stereocenters. The van der Waals surface area contributed by atoms with Crippen LogP contribution in [0, 0.1) is 6.92 Å². The predicted molar refractivity (Wildman–Crippen MR) is 106 cm³/mol. The molecule has 0 saturated carbocycles. The van der Waals surface area contributed by atoms with Gasteiger partial charge < -0.3 is 9.84 Å². The summed E-state index contributed by atoms with van der Waals surface area (Å²) in [4.78, 5) is 2.42. The Morgan fingerprint density at radius 2 is 1.42 bits per heavy atom. The minimum Gasteiger partial charge on any atom is -0.385 e. The van der Waals surface area contributed by atoms with Crippen molar-refractivity contribution in [1.82, 2.24) is 4.90 Å². The lowest BCUT2D eigenvalue weighted by atomic mass is 9.61. The van der Waals surface area contributed by atoms with Crippen molar-refractivity contribution in [3.63, 3.8) is 0 Å². The number of nitrogens with zero attached hydrogens (tertiary/aromatic N) is 1. The number of benzene rings is 1. The van der Waals surface area contributed by atoms with Gasteiger partial charge in [-0.25, -0.2) is 0 Å². The lowest BCUT2D eigenvalue weighted by Gasteiger charge is -2.51. The van der Waals surface area contributed by atoms with Crippen molar-refractivity contribution in [3.8, 4) is 0 Å². The Kier molecular flexibility index (Phi) is 4.12. The molecule has 3 heteroatoms. The molecule has 2 aliphatic heterocycles. The number of hydrogen-bond donors (Lipinski definition) is 1. The van der Waals surface area contributed by atoms with Gasteiger partial charge in [0.2, 0.25) is 0 Å². The number of hydrogen-bond acceptors (Lipinski definition) is 3. The normalized spacial score (nSPS) is 35.8. The Bertz CT molecular complexity index is 707. The SMILES string of the molecule is Cc1cc2c(cc1C1(O)CC3COCC(C1)N3C)C(C)(C)CCC2(C)C. The third-order valence-corrected chi connectivity index (χ3v) is 7.62. The first-order valence-corrected chi connectivity index (χ1v) is 10.2. The number of likely N-dealkylation sites (N-methyl/N-ethyl adjacent to an activating group) is 1. The Balaban J connectivity index is 1.81. The van der Waals surface area contributed by atoms with E-state index in [0.717, 1.165) is 31.6 Å². The predicted octanol–water partition coefficient (Wildman–Crippen LogP) is 4.02. The number of fused-ring (bicyclic) bond motifs is 3. The lowest BCUT2D eigenvalue weighted by molar-refractivity contribution is -0.138. The van der Waals surface area contributed by atoms with E-state index in [4.69, 9.17) is 4.74 Å². The van der Waals surface area contributed by atoms with Crippen molar-refractivity contribution in [2.24, 2.45) is 0 Å². The maximum absolute atomic E-state index is 11.8. The molecule has 0 aromatic heterocycles. The fourth-order valence-corrected chi connectivity index (χ4v) is 5.59. The molecule has 26 heavy (non-hydrogen) atoms. The van der Waals surface area contributed by atoms with Gasteiger partial charge in [-0.1, -0.05) is 39.8 Å². The highest BCUT2D eigenvalue weighted by molar-refractivity contribution is 5.49. The smallest absolute Gasteiger partial charge is 0.0930 e. The molecular formula is C23H35NO2. The van der Waals surface area contributed by atoms with Crippen molar-refractivity contribution >= 4 is 0 Å². The highest BCUT2D eigenvalue weighted by Crippen LogP contribution is 2.49. The second-order valence-electron chi connectivity index (χ2n) is 10.4. The number of morpholine rings is 1. The van der Waals surface area contributed by atoms with Gasteiger partial charge in [-0.15, -0.1) is 0 Å². The largest absolute Gasteiger partial charge is 0.385 e. The quantitative estimate of drug-likeness (QED) is 0.824. The minimum absolute atomic E-state index is 0.175. The summed E-state index contributed by atoms with van der Waals surface area (Å²) in [6, 6.07) is 5.38. The van der Waals surface area contributed by atoms with Crippen LogP contribution in [0.1, 0.15) is 75.6 Å². The highest BCUT2D eigenvalue weighted by Gasteiger charge is 2.47. The van der Waals surface area contributed by atoms with Crippen LogP contribution in [0.25, 0.3) is 0 Å². The molecule has 2 atom stereocenters. The lowest BCUT2D eigenvalue weighted by Crippen LogP contribution is -2.59. The molecule has 1 aromatic rings. The Hall–Kier alpha value is -0.900. The summed E-state index contributed by atoms with van der Waals surface area (Å²) in [7, 11) is 2.18. The number of ether oxygens (including phenoxy) is 1. The molecule has 1 aliphatic carbocycles. The summed E-state index contributed by atoms with van der Waals surface area (Å²) in [5, 5.41) is 11.8. The van der Waals surface area contributed by atoms with Crippen LogP contribution in [-0.4, -0.2) is 42.4 Å². The van der Waals surface area contributed by atoms with Crippen LogP contribution >= 0.6 is 0 Å². The van der Waals surface area contributed by atoms with Gasteiger partial charge in [0.15, 0.2) is 0 Å². The van der Waals surface area contributed by atoms with E-state index in [1.807, 2.05) is 0 Å². The van der Waals surface area contributed by atoms with Gasteiger partial charge in [0, 0.05) is 12.1 Å². The third kappa shape index (κ3) is 2.75. The van der Waals surface area contributed by atoms with E-state index in [2.05, 4.69) is 58.7 Å². The van der Waals surface area contributed by atoms with Gasteiger partial charge in [-0.05, 0) is 72.7 Å². The number of aryl methyl sites for hydroxylation is 1. The zero-order chi connectivity index (χ0) is 18.9. The molecule has 4 rings (SSSR count). The average Bonchev–Trinajstić information content (AvgIpc) is 2.53. The first kappa shape index (κ1) is 18.5. The molecule has 0 amide bonds. The number of aliphatic hydroxyl groups is 1. The van der Waals surface area contributed by atoms with Crippen molar-refractivity contribution < 1.29 is 9.84 Å². The molecule has 2 saturated heterocycles. The van der Waals surface area contributed by atoms with Crippen LogP contribution in [0.4, 0.5) is 0 Å². The van der Waals surface area contributed by atoms with Crippen LogP contribution in [0.5, 0.6) is 0 Å². The van der Waals surface area contributed by atoms with Crippen molar-refractivity contribution in [2.75, 3.05) is 20.3 Å². The summed E-state index contributed by atoms with van der Waals surface area (Å²) < 4.78 is 5.76. The van der Waals surface area contributed by atoms with Crippen molar-refractivity contribution in [3.05, 3.63) is 34.4 Å². The Labute approximate surface area is 158 Å². The van der Waals surface area contributed by atoms with Gasteiger partial charge in [0.1, 0.15) is 0 Å². The monoisotopic (exact) mass is 357 g/mol. The molecule has 3 aliphatic rings. The molecule has 2 heterocycles. The molecular weight excluding hydrogens is 322 g/mol. The standard InChI is InChI=1S/C23H35NO2/c1-15-9-19-20(22(4,5)8-7-21(19,2)3)10-18(15)23(25)11-16-13-26-14-17(12-23)24(16)6/h9-10,16-17,25H,7-8,11-14H2,1-6H3. The minimum atomic E-state index is -0.734. The number of rotatable bonds is 1. The van der Waals surface area contributed by atoms with Gasteiger partial charge in [-0.2, -0.15) is 0 Å². The third-order valence-electron chi connectivity index (χ3n) is 7.62. The second kappa shape index (κ2) is 5.80. The number of piperidine rings is 1. The fraction of sp³-hybridized carbons (Fsp3) is 0.739. The molecule has 0 spiro atoms. The zero-order valence-electron chi connectivity index (χ0n) is 17.4. The second-order valence-corrected chi connectivity index (χ2v) is 10.4. The summed E-state index contributed by atoms with van der Waals surface area (Å²) in [6.45, 7) is 13.1. The molecule has 0 radical (unpaired) electrons. The zero-order valence-corrected chi connectivity index (χ0v) is 17.4. The highest BCUT2D eigenvalue weighted by atomic mass is 16.5. The fourth-order valence-electron chi connectivity index (χ4n) is 5.59. The van der Waals surface area contributed by atoms with Crippen LogP contribution < -0.4 is 0 Å². The van der Waals surface area contributed by atoms with Crippen LogP contribution in [0.15, 0.2) is 12.1 Å². The Morgan fingerprint density at radius 3 is 1.96 bits per heavy atom. The van der Waals surface area contributed by atoms with Crippen molar-refractivity contribution in [2.45, 2.75) is 88.8 Å². The first-order chi connectivity index (χ1) is 12.0. The van der Waals surface area contributed by atoms with E-state index in [9.17, 15) is 5.11 Å². The summed E-state index contributed by atoms with van der Waals surface area (Å²) in [5.41, 5.74) is 5.00. The molecule has 1 N–H and O–H groups in total. The molecule has 1 aromatic carbocycles. The van der Waals surface area contributed by atoms with E-state index >= 15 is 0 Å². The first-order valence-electron chi connectivity index (χ1n) is 10.2. The molecule has 3 nitrogen and oxygen atoms in total. The Morgan fingerprint density at radius 1 is 0.923 bits per heavy atom.